The van der Waals surface area contributed by atoms with Crippen LogP contribution in [0.4, 0.5) is 5.69 Å². The number of fused-ring (bicyclic) bond motifs is 1. The van der Waals surface area contributed by atoms with E-state index in [4.69, 9.17) is 0 Å². The Kier molecular flexibility index (Phi) is 3.26. The summed E-state index contributed by atoms with van der Waals surface area (Å²) < 4.78 is 0. The van der Waals surface area contributed by atoms with Crippen molar-refractivity contribution in [2.45, 2.75) is 17.0 Å². The van der Waals surface area contributed by atoms with Gasteiger partial charge in [0.15, 0.2) is 0 Å². The molecule has 0 aliphatic carbocycles. The molecule has 0 bridgehead atoms. The molecule has 2 N–H and O–H groups in total. The van der Waals surface area contributed by atoms with Gasteiger partial charge in [0.25, 0.3) is 0 Å². The maximum absolute atomic E-state index is 10.3. The van der Waals surface area contributed by atoms with Crippen molar-refractivity contribution in [3.63, 3.8) is 0 Å². The van der Waals surface area contributed by atoms with Gasteiger partial charge >= 0.3 is 0 Å². The van der Waals surface area contributed by atoms with E-state index in [1.807, 2.05) is 30.3 Å². The maximum Gasteiger partial charge on any atom is 0.0876 e. The number of aliphatic hydroxyl groups excluding tert-OH is 1. The van der Waals surface area contributed by atoms with Crippen LogP contribution in [-0.4, -0.2) is 17.0 Å². The lowest BCUT2D eigenvalue weighted by Gasteiger charge is -2.22. The zero-order valence-corrected chi connectivity index (χ0v) is 10.7. The van der Waals surface area contributed by atoms with Gasteiger partial charge in [0.1, 0.15) is 0 Å². The minimum Gasteiger partial charge on any atom is -0.390 e. The van der Waals surface area contributed by atoms with Gasteiger partial charge in [-0.15, -0.1) is 11.8 Å². The van der Waals surface area contributed by atoms with Crippen molar-refractivity contribution in [1.29, 1.82) is 0 Å². The third-order valence-corrected chi connectivity index (χ3v) is 4.33. The smallest absolute Gasteiger partial charge is 0.0876 e. The summed E-state index contributed by atoms with van der Waals surface area (Å²) >= 11 is 1.70. The van der Waals surface area contributed by atoms with Crippen LogP contribution in [0, 0.1) is 0 Å². The molecule has 1 aliphatic heterocycles. The summed E-state index contributed by atoms with van der Waals surface area (Å²) in [5, 5.41) is 13.7. The largest absolute Gasteiger partial charge is 0.390 e. The van der Waals surface area contributed by atoms with Gasteiger partial charge in [-0.05, 0) is 17.7 Å². The fourth-order valence-electron chi connectivity index (χ4n) is 2.21. The summed E-state index contributed by atoms with van der Waals surface area (Å²) in [6, 6.07) is 18.3. The molecular formula is C15H15NOS. The number of thioether (sulfide) groups is 1. The van der Waals surface area contributed by atoms with Gasteiger partial charge < -0.3 is 10.4 Å². The first-order valence-corrected chi connectivity index (χ1v) is 7.04. The first-order chi connectivity index (χ1) is 8.84. The Bertz CT molecular complexity index is 529. The van der Waals surface area contributed by atoms with E-state index in [-0.39, 0.29) is 12.1 Å². The van der Waals surface area contributed by atoms with Crippen molar-refractivity contribution in [2.24, 2.45) is 0 Å². The Morgan fingerprint density at radius 1 is 1.00 bits per heavy atom. The van der Waals surface area contributed by atoms with Crippen LogP contribution in [0.2, 0.25) is 0 Å². The average Bonchev–Trinajstić information content (AvgIpc) is 2.60. The summed E-state index contributed by atoms with van der Waals surface area (Å²) in [6.07, 6.45) is -0.384. The van der Waals surface area contributed by atoms with Gasteiger partial charge in [-0.25, -0.2) is 0 Å². The third kappa shape index (κ3) is 2.24. The Morgan fingerprint density at radius 3 is 2.56 bits per heavy atom. The Morgan fingerprint density at radius 2 is 1.72 bits per heavy atom. The topological polar surface area (TPSA) is 32.3 Å². The van der Waals surface area contributed by atoms with Crippen LogP contribution in [0.3, 0.4) is 0 Å². The first kappa shape index (κ1) is 11.6. The lowest BCUT2D eigenvalue weighted by atomic mass is 10.0. The molecule has 2 nitrogen and oxygen atoms in total. The molecule has 2 aromatic rings. The van der Waals surface area contributed by atoms with Crippen molar-refractivity contribution in [3.8, 4) is 0 Å². The van der Waals surface area contributed by atoms with Gasteiger partial charge in [-0.1, -0.05) is 42.5 Å². The molecule has 0 amide bonds. The fourth-order valence-corrected chi connectivity index (χ4v) is 3.21. The SMILES string of the molecule is O[C@@H]1CSc2ccccc2N[C@H]1c1ccccc1. The molecule has 2 aromatic carbocycles. The van der Waals surface area contributed by atoms with Gasteiger partial charge in [-0.3, -0.25) is 0 Å². The molecule has 0 aromatic heterocycles. The molecule has 1 heterocycles. The van der Waals surface area contributed by atoms with Crippen LogP contribution >= 0.6 is 11.8 Å². The Balaban J connectivity index is 1.96. The van der Waals surface area contributed by atoms with Crippen LogP contribution in [0.15, 0.2) is 59.5 Å². The fraction of sp³-hybridized carbons (Fsp3) is 0.200. The number of rotatable bonds is 1. The summed E-state index contributed by atoms with van der Waals surface area (Å²) in [7, 11) is 0. The molecule has 0 fully saturated rings. The number of hydrogen-bond donors (Lipinski definition) is 2. The number of benzene rings is 2. The summed E-state index contributed by atoms with van der Waals surface area (Å²) in [6.45, 7) is 0. The summed E-state index contributed by atoms with van der Waals surface area (Å²) in [5.74, 6) is 0.712. The van der Waals surface area contributed by atoms with E-state index in [1.54, 1.807) is 11.8 Å². The van der Waals surface area contributed by atoms with Gasteiger partial charge in [0, 0.05) is 16.3 Å². The molecule has 0 radical (unpaired) electrons. The lowest BCUT2D eigenvalue weighted by Crippen LogP contribution is -2.26. The van der Waals surface area contributed by atoms with Gasteiger partial charge in [0.05, 0.1) is 12.1 Å². The molecule has 92 valence electrons. The van der Waals surface area contributed by atoms with E-state index >= 15 is 0 Å². The van der Waals surface area contributed by atoms with E-state index in [0.717, 1.165) is 11.3 Å². The first-order valence-electron chi connectivity index (χ1n) is 6.06. The number of nitrogens with one attached hydrogen (secondary N) is 1. The Hall–Kier alpha value is -1.45. The highest BCUT2D eigenvalue weighted by molar-refractivity contribution is 7.99. The number of anilines is 1. The van der Waals surface area contributed by atoms with Gasteiger partial charge in [0.2, 0.25) is 0 Å². The second-order valence-electron chi connectivity index (χ2n) is 4.41. The van der Waals surface area contributed by atoms with E-state index in [9.17, 15) is 5.11 Å². The molecule has 0 saturated heterocycles. The second kappa shape index (κ2) is 5.04. The third-order valence-electron chi connectivity index (χ3n) is 3.15. The molecular weight excluding hydrogens is 242 g/mol. The van der Waals surface area contributed by atoms with Crippen molar-refractivity contribution in [2.75, 3.05) is 11.1 Å². The van der Waals surface area contributed by atoms with Crippen molar-refractivity contribution < 1.29 is 5.11 Å². The van der Waals surface area contributed by atoms with Crippen LogP contribution in [-0.2, 0) is 0 Å². The van der Waals surface area contributed by atoms with E-state index in [0.29, 0.717) is 5.75 Å². The highest BCUT2D eigenvalue weighted by Gasteiger charge is 2.25. The predicted molar refractivity (Wildman–Crippen MR) is 76.0 cm³/mol. The van der Waals surface area contributed by atoms with Crippen LogP contribution in [0.25, 0.3) is 0 Å². The summed E-state index contributed by atoms with van der Waals surface area (Å²) in [5.41, 5.74) is 2.23. The monoisotopic (exact) mass is 257 g/mol. The molecule has 3 rings (SSSR count). The molecule has 0 unspecified atom stereocenters. The number of hydrogen-bond acceptors (Lipinski definition) is 3. The van der Waals surface area contributed by atoms with E-state index < -0.39 is 0 Å². The minimum atomic E-state index is -0.384. The molecule has 18 heavy (non-hydrogen) atoms. The molecule has 1 aliphatic rings. The van der Waals surface area contributed by atoms with Crippen LogP contribution in [0.5, 0.6) is 0 Å². The van der Waals surface area contributed by atoms with Crippen molar-refractivity contribution >= 4 is 17.4 Å². The normalized spacial score (nSPS) is 22.7. The van der Waals surface area contributed by atoms with E-state index in [2.05, 4.69) is 29.6 Å². The average molecular weight is 257 g/mol. The zero-order chi connectivity index (χ0) is 12.4. The molecule has 0 spiro atoms. The highest BCUT2D eigenvalue weighted by atomic mass is 32.2. The standard InChI is InChI=1S/C15H15NOS/c17-13-10-18-14-9-5-4-8-12(14)16-15(13)11-6-2-1-3-7-11/h1-9,13,15-17H,10H2/t13-,15+/m1/s1. The van der Waals surface area contributed by atoms with Gasteiger partial charge in [-0.2, -0.15) is 0 Å². The number of aliphatic hydroxyl groups is 1. The van der Waals surface area contributed by atoms with Crippen LogP contribution in [0.1, 0.15) is 11.6 Å². The lowest BCUT2D eigenvalue weighted by molar-refractivity contribution is 0.177. The molecule has 2 atom stereocenters. The van der Waals surface area contributed by atoms with E-state index in [1.165, 1.54) is 4.90 Å². The molecule has 3 heteroatoms. The molecule has 0 saturated carbocycles. The van der Waals surface area contributed by atoms with Crippen molar-refractivity contribution in [1.82, 2.24) is 0 Å². The van der Waals surface area contributed by atoms with Crippen LogP contribution < -0.4 is 5.32 Å². The zero-order valence-electron chi connectivity index (χ0n) is 9.91. The highest BCUT2D eigenvalue weighted by Crippen LogP contribution is 2.36. The van der Waals surface area contributed by atoms with Crippen molar-refractivity contribution in [3.05, 3.63) is 60.2 Å². The number of para-hydroxylation sites is 1. The Labute approximate surface area is 111 Å². The maximum atomic E-state index is 10.3. The second-order valence-corrected chi connectivity index (χ2v) is 5.47. The predicted octanol–water partition coefficient (Wildman–Crippen LogP) is 3.31. The summed E-state index contributed by atoms with van der Waals surface area (Å²) in [4.78, 5) is 1.20. The quantitative estimate of drug-likeness (QED) is 0.822. The minimum absolute atomic E-state index is 0.0395.